The molecule has 0 bridgehead atoms. The van der Waals surface area contributed by atoms with E-state index in [2.05, 4.69) is 52.1 Å². The van der Waals surface area contributed by atoms with Crippen LogP contribution in [0.2, 0.25) is 0 Å². The number of nitrogens with zero attached hydrogens (tertiary/aromatic N) is 3. The van der Waals surface area contributed by atoms with E-state index in [-0.39, 0.29) is 5.91 Å². The fourth-order valence-corrected chi connectivity index (χ4v) is 4.56. The quantitative estimate of drug-likeness (QED) is 0.719. The number of hydrogen-bond donors (Lipinski definition) is 0. The van der Waals surface area contributed by atoms with Crippen LogP contribution in [0.1, 0.15) is 16.7 Å². The average Bonchev–Trinajstić information content (AvgIpc) is 2.96. The van der Waals surface area contributed by atoms with E-state index in [0.717, 1.165) is 38.2 Å². The Morgan fingerprint density at radius 1 is 1.04 bits per heavy atom. The van der Waals surface area contributed by atoms with Crippen LogP contribution in [0.25, 0.3) is 10.9 Å². The van der Waals surface area contributed by atoms with Gasteiger partial charge in [0, 0.05) is 56.4 Å². The maximum atomic E-state index is 12.8. The van der Waals surface area contributed by atoms with Crippen LogP contribution in [0.3, 0.4) is 0 Å². The van der Waals surface area contributed by atoms with E-state index in [1.54, 1.807) is 0 Å². The first kappa shape index (κ1) is 16.6. The molecule has 2 aromatic carbocycles. The number of likely N-dealkylation sites (tertiary alicyclic amines) is 1. The van der Waals surface area contributed by atoms with Gasteiger partial charge in [-0.25, -0.2) is 0 Å². The van der Waals surface area contributed by atoms with Crippen molar-refractivity contribution in [2.24, 2.45) is 7.05 Å². The van der Waals surface area contributed by atoms with E-state index < -0.39 is 0 Å². The number of carbonyl (C=O) groups excluding carboxylic acids is 1. The van der Waals surface area contributed by atoms with Gasteiger partial charge in [-0.2, -0.15) is 0 Å². The van der Waals surface area contributed by atoms with E-state index in [0.29, 0.717) is 12.5 Å². The Balaban J connectivity index is 1.22. The van der Waals surface area contributed by atoms with Gasteiger partial charge in [0.1, 0.15) is 0 Å². The Kier molecular flexibility index (Phi) is 4.01. The molecule has 1 fully saturated rings. The van der Waals surface area contributed by atoms with Crippen LogP contribution in [0.4, 0.5) is 0 Å². The summed E-state index contributed by atoms with van der Waals surface area (Å²) in [6.07, 6.45) is 3.72. The monoisotopic (exact) mass is 359 g/mol. The SMILES string of the molecule is Cn1cc(CC(=O)N2CC(N3CCc4ccccc4C3)C2)c2ccccc21. The molecule has 1 saturated heterocycles. The maximum Gasteiger partial charge on any atom is 0.227 e. The molecule has 4 heteroatoms. The lowest BCUT2D eigenvalue weighted by atomic mass is 9.96. The largest absolute Gasteiger partial charge is 0.350 e. The highest BCUT2D eigenvalue weighted by Crippen LogP contribution is 2.26. The molecule has 5 rings (SSSR count). The third kappa shape index (κ3) is 2.94. The van der Waals surface area contributed by atoms with Gasteiger partial charge in [0.15, 0.2) is 0 Å². The highest BCUT2D eigenvalue weighted by Gasteiger charge is 2.35. The highest BCUT2D eigenvalue weighted by molar-refractivity contribution is 5.89. The second-order valence-electron chi connectivity index (χ2n) is 7.90. The Hall–Kier alpha value is -2.59. The zero-order valence-corrected chi connectivity index (χ0v) is 15.8. The predicted octanol–water partition coefficient (Wildman–Crippen LogP) is 2.99. The minimum Gasteiger partial charge on any atom is -0.350 e. The molecule has 0 saturated carbocycles. The van der Waals surface area contributed by atoms with Gasteiger partial charge in [-0.15, -0.1) is 0 Å². The normalized spacial score (nSPS) is 17.7. The van der Waals surface area contributed by atoms with E-state index in [9.17, 15) is 4.79 Å². The first-order chi connectivity index (χ1) is 13.2. The van der Waals surface area contributed by atoms with E-state index >= 15 is 0 Å². The summed E-state index contributed by atoms with van der Waals surface area (Å²) in [5.41, 5.74) is 5.25. The third-order valence-electron chi connectivity index (χ3n) is 6.21. The van der Waals surface area contributed by atoms with Gasteiger partial charge in [-0.1, -0.05) is 42.5 Å². The Morgan fingerprint density at radius 2 is 1.78 bits per heavy atom. The molecule has 3 aromatic rings. The summed E-state index contributed by atoms with van der Waals surface area (Å²) < 4.78 is 2.11. The van der Waals surface area contributed by atoms with Crippen molar-refractivity contribution < 1.29 is 4.79 Å². The van der Waals surface area contributed by atoms with Crippen LogP contribution in [0.15, 0.2) is 54.7 Å². The van der Waals surface area contributed by atoms with Crippen LogP contribution in [-0.2, 0) is 31.2 Å². The number of amides is 1. The summed E-state index contributed by atoms with van der Waals surface area (Å²) in [4.78, 5) is 17.3. The summed E-state index contributed by atoms with van der Waals surface area (Å²) >= 11 is 0. The molecule has 0 spiro atoms. The number of rotatable bonds is 3. The Bertz CT molecular complexity index is 1000. The van der Waals surface area contributed by atoms with E-state index in [1.807, 2.05) is 24.1 Å². The third-order valence-corrected chi connectivity index (χ3v) is 6.21. The Morgan fingerprint density at radius 3 is 2.63 bits per heavy atom. The van der Waals surface area contributed by atoms with Crippen molar-refractivity contribution in [2.45, 2.75) is 25.4 Å². The topological polar surface area (TPSA) is 28.5 Å². The van der Waals surface area contributed by atoms with Gasteiger partial charge in [0.05, 0.1) is 6.42 Å². The minimum absolute atomic E-state index is 0.250. The maximum absolute atomic E-state index is 12.8. The summed E-state index contributed by atoms with van der Waals surface area (Å²) in [6.45, 7) is 3.86. The number of para-hydroxylation sites is 1. The van der Waals surface area contributed by atoms with Gasteiger partial charge < -0.3 is 9.47 Å². The molecule has 1 aromatic heterocycles. The highest BCUT2D eigenvalue weighted by atomic mass is 16.2. The number of aryl methyl sites for hydroxylation is 1. The van der Waals surface area contributed by atoms with Crippen LogP contribution in [0.5, 0.6) is 0 Å². The van der Waals surface area contributed by atoms with E-state index in [1.165, 1.54) is 22.0 Å². The van der Waals surface area contributed by atoms with Gasteiger partial charge in [0.25, 0.3) is 0 Å². The standard InChI is InChI=1S/C23H25N3O/c1-24-13-19(21-8-4-5-9-22(21)24)12-23(27)26-15-20(16-26)25-11-10-17-6-2-3-7-18(17)14-25/h2-9,13,20H,10-12,14-16H2,1H3. The summed E-state index contributed by atoms with van der Waals surface area (Å²) in [6, 6.07) is 17.6. The number of fused-ring (bicyclic) bond motifs is 2. The van der Waals surface area contributed by atoms with Crippen LogP contribution < -0.4 is 0 Å². The molecule has 3 heterocycles. The molecule has 27 heavy (non-hydrogen) atoms. The second kappa shape index (κ2) is 6.54. The molecule has 0 unspecified atom stereocenters. The molecule has 2 aliphatic rings. The van der Waals surface area contributed by atoms with Crippen LogP contribution in [-0.4, -0.2) is 46.0 Å². The molecule has 0 atom stereocenters. The fourth-order valence-electron chi connectivity index (χ4n) is 4.56. The molecule has 0 aliphatic carbocycles. The van der Waals surface area contributed by atoms with Gasteiger partial charge in [0.2, 0.25) is 5.91 Å². The summed E-state index contributed by atoms with van der Waals surface area (Å²) in [5, 5.41) is 1.19. The summed E-state index contributed by atoms with van der Waals surface area (Å²) in [7, 11) is 2.05. The summed E-state index contributed by atoms with van der Waals surface area (Å²) in [5.74, 6) is 0.250. The molecule has 0 N–H and O–H groups in total. The number of carbonyl (C=O) groups is 1. The van der Waals surface area contributed by atoms with Crippen molar-refractivity contribution in [1.82, 2.24) is 14.4 Å². The van der Waals surface area contributed by atoms with E-state index in [4.69, 9.17) is 0 Å². The number of hydrogen-bond acceptors (Lipinski definition) is 2. The second-order valence-corrected chi connectivity index (χ2v) is 7.90. The number of benzene rings is 2. The zero-order chi connectivity index (χ0) is 18.4. The molecule has 138 valence electrons. The fraction of sp³-hybridized carbons (Fsp3) is 0.348. The molecule has 0 radical (unpaired) electrons. The van der Waals surface area contributed by atoms with Gasteiger partial charge in [-0.05, 0) is 29.2 Å². The van der Waals surface area contributed by atoms with Crippen molar-refractivity contribution in [3.8, 4) is 0 Å². The van der Waals surface area contributed by atoms with Crippen LogP contribution >= 0.6 is 0 Å². The molecule has 4 nitrogen and oxygen atoms in total. The average molecular weight is 359 g/mol. The lowest BCUT2D eigenvalue weighted by Gasteiger charge is -2.47. The lowest BCUT2D eigenvalue weighted by Crippen LogP contribution is -2.61. The molecular weight excluding hydrogens is 334 g/mol. The molecular formula is C23H25N3O. The number of aromatic nitrogens is 1. The van der Waals surface area contributed by atoms with Crippen molar-refractivity contribution in [2.75, 3.05) is 19.6 Å². The first-order valence-corrected chi connectivity index (χ1v) is 9.80. The van der Waals surface area contributed by atoms with Crippen molar-refractivity contribution >= 4 is 16.8 Å². The van der Waals surface area contributed by atoms with Crippen molar-refractivity contribution in [3.05, 3.63) is 71.4 Å². The predicted molar refractivity (Wildman–Crippen MR) is 108 cm³/mol. The smallest absolute Gasteiger partial charge is 0.227 e. The molecule has 2 aliphatic heterocycles. The van der Waals surface area contributed by atoms with Crippen molar-refractivity contribution in [3.63, 3.8) is 0 Å². The van der Waals surface area contributed by atoms with Gasteiger partial charge in [-0.3, -0.25) is 9.69 Å². The van der Waals surface area contributed by atoms with Crippen molar-refractivity contribution in [1.29, 1.82) is 0 Å². The zero-order valence-electron chi connectivity index (χ0n) is 15.8. The Labute approximate surface area is 160 Å². The lowest BCUT2D eigenvalue weighted by molar-refractivity contribution is -0.138. The molecule has 1 amide bonds. The first-order valence-electron chi connectivity index (χ1n) is 9.80. The van der Waals surface area contributed by atoms with Crippen LogP contribution in [0, 0.1) is 0 Å². The van der Waals surface area contributed by atoms with Gasteiger partial charge >= 0.3 is 0 Å². The minimum atomic E-state index is 0.250.